The molecule has 0 atom stereocenters. The lowest BCUT2D eigenvalue weighted by atomic mass is 9.87. The summed E-state index contributed by atoms with van der Waals surface area (Å²) in [5, 5.41) is 9.05. The Labute approximate surface area is 99.6 Å². The fraction of sp³-hybridized carbons (Fsp3) is 0.929. The van der Waals surface area contributed by atoms with Crippen LogP contribution in [0.3, 0.4) is 0 Å². The summed E-state index contributed by atoms with van der Waals surface area (Å²) < 4.78 is 0. The first-order valence-electron chi connectivity index (χ1n) is 6.84. The van der Waals surface area contributed by atoms with E-state index >= 15 is 0 Å². The average Bonchev–Trinajstić information content (AvgIpc) is 3.08. The third kappa shape index (κ3) is 3.22. The van der Waals surface area contributed by atoms with E-state index in [9.17, 15) is 0 Å². The number of nitriles is 1. The minimum absolute atomic E-state index is 0.0430. The van der Waals surface area contributed by atoms with Crippen LogP contribution >= 0.6 is 0 Å². The van der Waals surface area contributed by atoms with Gasteiger partial charge < -0.3 is 4.90 Å². The van der Waals surface area contributed by atoms with Gasteiger partial charge in [0.1, 0.15) is 0 Å². The summed E-state index contributed by atoms with van der Waals surface area (Å²) in [7, 11) is 2.18. The molecule has 0 saturated heterocycles. The van der Waals surface area contributed by atoms with E-state index in [-0.39, 0.29) is 5.41 Å². The zero-order valence-electron chi connectivity index (χ0n) is 10.5. The molecule has 90 valence electrons. The van der Waals surface area contributed by atoms with Crippen molar-refractivity contribution >= 4 is 0 Å². The van der Waals surface area contributed by atoms with Crippen LogP contribution in [-0.4, -0.2) is 25.0 Å². The minimum Gasteiger partial charge on any atom is -0.305 e. The predicted molar refractivity (Wildman–Crippen MR) is 66.0 cm³/mol. The molecule has 2 saturated carbocycles. The van der Waals surface area contributed by atoms with E-state index in [0.29, 0.717) is 0 Å². The highest BCUT2D eigenvalue weighted by Gasteiger charge is 2.43. The van der Waals surface area contributed by atoms with Crippen LogP contribution in [0, 0.1) is 22.7 Å². The molecule has 0 aromatic rings. The Morgan fingerprint density at radius 2 is 1.94 bits per heavy atom. The van der Waals surface area contributed by atoms with Crippen LogP contribution in [0.25, 0.3) is 0 Å². The van der Waals surface area contributed by atoms with Crippen molar-refractivity contribution in [2.24, 2.45) is 11.3 Å². The molecule has 2 heteroatoms. The molecule has 2 aliphatic carbocycles. The lowest BCUT2D eigenvalue weighted by molar-refractivity contribution is 0.246. The largest absolute Gasteiger partial charge is 0.305 e. The molecule has 0 heterocycles. The zero-order valence-corrected chi connectivity index (χ0v) is 10.5. The van der Waals surface area contributed by atoms with E-state index in [4.69, 9.17) is 5.26 Å². The van der Waals surface area contributed by atoms with Gasteiger partial charge in [-0.05, 0) is 38.8 Å². The monoisotopic (exact) mass is 220 g/mol. The van der Waals surface area contributed by atoms with Crippen LogP contribution in [0.5, 0.6) is 0 Å². The van der Waals surface area contributed by atoms with E-state index in [1.165, 1.54) is 45.1 Å². The van der Waals surface area contributed by atoms with Crippen molar-refractivity contribution in [2.75, 3.05) is 20.1 Å². The molecular formula is C14H24N2. The quantitative estimate of drug-likeness (QED) is 0.711. The van der Waals surface area contributed by atoms with Crippen molar-refractivity contribution in [3.8, 4) is 6.07 Å². The smallest absolute Gasteiger partial charge is 0.0703 e. The Balaban J connectivity index is 1.63. The molecule has 0 spiro atoms. The van der Waals surface area contributed by atoms with E-state index in [0.717, 1.165) is 25.3 Å². The molecule has 0 amide bonds. The first kappa shape index (κ1) is 11.9. The van der Waals surface area contributed by atoms with Crippen molar-refractivity contribution in [3.05, 3.63) is 0 Å². The highest BCUT2D eigenvalue weighted by Crippen LogP contribution is 2.45. The van der Waals surface area contributed by atoms with Gasteiger partial charge in [-0.2, -0.15) is 5.26 Å². The molecule has 2 fully saturated rings. The Bertz CT molecular complexity index is 256. The summed E-state index contributed by atoms with van der Waals surface area (Å²) in [4.78, 5) is 2.38. The SMILES string of the molecule is CN(CCC1CCCCC1)CC1(C#N)CC1. The van der Waals surface area contributed by atoms with E-state index < -0.39 is 0 Å². The van der Waals surface area contributed by atoms with Crippen LogP contribution in [0.15, 0.2) is 0 Å². The molecule has 2 nitrogen and oxygen atoms in total. The minimum atomic E-state index is 0.0430. The van der Waals surface area contributed by atoms with Crippen molar-refractivity contribution in [2.45, 2.75) is 51.4 Å². The lowest BCUT2D eigenvalue weighted by Gasteiger charge is -2.25. The molecule has 0 aromatic heterocycles. The third-order valence-corrected chi connectivity index (χ3v) is 4.31. The van der Waals surface area contributed by atoms with Crippen LogP contribution in [0.4, 0.5) is 0 Å². The summed E-state index contributed by atoms with van der Waals surface area (Å²) in [6.45, 7) is 2.18. The predicted octanol–water partition coefficient (Wildman–Crippen LogP) is 3.19. The van der Waals surface area contributed by atoms with Crippen molar-refractivity contribution < 1.29 is 0 Å². The number of rotatable bonds is 5. The normalized spacial score (nSPS) is 24.3. The fourth-order valence-electron chi connectivity index (χ4n) is 2.93. The lowest BCUT2D eigenvalue weighted by Crippen LogP contribution is -2.28. The van der Waals surface area contributed by atoms with Gasteiger partial charge in [-0.15, -0.1) is 0 Å². The summed E-state index contributed by atoms with van der Waals surface area (Å²) in [6.07, 6.45) is 10.8. The molecule has 0 N–H and O–H groups in total. The second kappa shape index (κ2) is 5.19. The molecule has 0 aliphatic heterocycles. The van der Waals surface area contributed by atoms with Gasteiger partial charge in [0.2, 0.25) is 0 Å². The zero-order chi connectivity index (χ0) is 11.4. The highest BCUT2D eigenvalue weighted by atomic mass is 15.1. The second-order valence-corrected chi connectivity index (χ2v) is 5.92. The molecule has 16 heavy (non-hydrogen) atoms. The summed E-state index contributed by atoms with van der Waals surface area (Å²) in [5.74, 6) is 0.966. The average molecular weight is 220 g/mol. The van der Waals surface area contributed by atoms with E-state index in [1.54, 1.807) is 0 Å². The van der Waals surface area contributed by atoms with Gasteiger partial charge >= 0.3 is 0 Å². The van der Waals surface area contributed by atoms with Gasteiger partial charge in [0.15, 0.2) is 0 Å². The Hall–Kier alpha value is -0.550. The molecule has 2 rings (SSSR count). The summed E-state index contributed by atoms with van der Waals surface area (Å²) in [6, 6.07) is 2.48. The summed E-state index contributed by atoms with van der Waals surface area (Å²) in [5.41, 5.74) is 0.0430. The van der Waals surface area contributed by atoms with Crippen molar-refractivity contribution in [1.29, 1.82) is 5.26 Å². The second-order valence-electron chi connectivity index (χ2n) is 5.92. The highest BCUT2D eigenvalue weighted by molar-refractivity contribution is 5.11. The van der Waals surface area contributed by atoms with Crippen molar-refractivity contribution in [1.82, 2.24) is 4.90 Å². The molecule has 0 radical (unpaired) electrons. The summed E-state index contributed by atoms with van der Waals surface area (Å²) >= 11 is 0. The molecule has 0 aromatic carbocycles. The van der Waals surface area contributed by atoms with Gasteiger partial charge in [-0.25, -0.2) is 0 Å². The van der Waals surface area contributed by atoms with Gasteiger partial charge in [0, 0.05) is 6.54 Å². The third-order valence-electron chi connectivity index (χ3n) is 4.31. The number of nitrogens with zero attached hydrogens (tertiary/aromatic N) is 2. The van der Waals surface area contributed by atoms with Crippen LogP contribution in [-0.2, 0) is 0 Å². The topological polar surface area (TPSA) is 27.0 Å². The van der Waals surface area contributed by atoms with Gasteiger partial charge in [-0.1, -0.05) is 32.1 Å². The van der Waals surface area contributed by atoms with E-state index in [1.807, 2.05) is 0 Å². The number of hydrogen-bond donors (Lipinski definition) is 0. The fourth-order valence-corrected chi connectivity index (χ4v) is 2.93. The Morgan fingerprint density at radius 1 is 1.25 bits per heavy atom. The van der Waals surface area contributed by atoms with Crippen molar-refractivity contribution in [3.63, 3.8) is 0 Å². The maximum atomic E-state index is 9.05. The van der Waals surface area contributed by atoms with Crippen LogP contribution in [0.1, 0.15) is 51.4 Å². The Kier molecular flexibility index (Phi) is 3.86. The number of hydrogen-bond acceptors (Lipinski definition) is 2. The standard InChI is InChI=1S/C14H24N2/c1-16(12-14(11-15)8-9-14)10-7-13-5-3-2-4-6-13/h13H,2-10,12H2,1H3. The van der Waals surface area contributed by atoms with Crippen LogP contribution in [0.2, 0.25) is 0 Å². The van der Waals surface area contributed by atoms with E-state index in [2.05, 4.69) is 18.0 Å². The maximum absolute atomic E-state index is 9.05. The first-order chi connectivity index (χ1) is 7.74. The maximum Gasteiger partial charge on any atom is 0.0703 e. The van der Waals surface area contributed by atoms with Gasteiger partial charge in [0.05, 0.1) is 11.5 Å². The molecular weight excluding hydrogens is 196 g/mol. The van der Waals surface area contributed by atoms with Gasteiger partial charge in [0.25, 0.3) is 0 Å². The van der Waals surface area contributed by atoms with Gasteiger partial charge in [-0.3, -0.25) is 0 Å². The molecule has 0 unspecified atom stereocenters. The molecule has 0 bridgehead atoms. The molecule has 2 aliphatic rings. The first-order valence-corrected chi connectivity index (χ1v) is 6.84. The Morgan fingerprint density at radius 3 is 2.50 bits per heavy atom. The van der Waals surface area contributed by atoms with Crippen LogP contribution < -0.4 is 0 Å².